The molecule has 0 saturated carbocycles. The highest BCUT2D eigenvalue weighted by Gasteiger charge is 2.18. The third-order valence-corrected chi connectivity index (χ3v) is 2.71. The summed E-state index contributed by atoms with van der Waals surface area (Å²) in [6, 6.07) is 4.46. The molecular weight excluding hydrogens is 228 g/mol. The van der Waals surface area contributed by atoms with Gasteiger partial charge in [-0.1, -0.05) is 18.5 Å². The van der Waals surface area contributed by atoms with Crippen molar-refractivity contribution in [2.45, 2.75) is 32.8 Å². The molecule has 0 atom stereocenters. The molecule has 0 aromatic heterocycles. The lowest BCUT2D eigenvalue weighted by Gasteiger charge is -2.25. The van der Waals surface area contributed by atoms with Gasteiger partial charge in [-0.3, -0.25) is 0 Å². The van der Waals surface area contributed by atoms with Gasteiger partial charge in [-0.15, -0.1) is 0 Å². The van der Waals surface area contributed by atoms with Gasteiger partial charge < -0.3 is 9.84 Å². The van der Waals surface area contributed by atoms with Gasteiger partial charge in [-0.2, -0.15) is 0 Å². The summed E-state index contributed by atoms with van der Waals surface area (Å²) in [7, 11) is 0. The van der Waals surface area contributed by atoms with E-state index >= 15 is 0 Å². The van der Waals surface area contributed by atoms with Gasteiger partial charge in [0.25, 0.3) is 0 Å². The van der Waals surface area contributed by atoms with Crippen molar-refractivity contribution in [2.75, 3.05) is 0 Å². The number of benzene rings is 1. The van der Waals surface area contributed by atoms with Crippen molar-refractivity contribution in [3.63, 3.8) is 0 Å². The van der Waals surface area contributed by atoms with Gasteiger partial charge in [-0.25, -0.2) is 4.79 Å². The highest BCUT2D eigenvalue weighted by Crippen LogP contribution is 2.29. The van der Waals surface area contributed by atoms with E-state index in [4.69, 9.17) is 21.4 Å². The Balaban J connectivity index is 2.96. The quantitative estimate of drug-likeness (QED) is 0.877. The maximum atomic E-state index is 10.7. The molecule has 0 aliphatic heterocycles. The molecule has 1 rings (SSSR count). The number of ether oxygens (including phenoxy) is 1. The van der Waals surface area contributed by atoms with Crippen LogP contribution in [0.2, 0.25) is 5.02 Å². The van der Waals surface area contributed by atoms with Crippen molar-refractivity contribution in [1.29, 1.82) is 0 Å². The highest BCUT2D eigenvalue weighted by atomic mass is 35.5. The van der Waals surface area contributed by atoms with E-state index in [-0.39, 0.29) is 11.2 Å². The van der Waals surface area contributed by atoms with E-state index in [0.717, 1.165) is 6.42 Å². The molecule has 0 unspecified atom stereocenters. The molecule has 0 saturated heterocycles. The van der Waals surface area contributed by atoms with Crippen LogP contribution in [0.15, 0.2) is 18.2 Å². The molecule has 16 heavy (non-hydrogen) atoms. The molecular formula is C12H15ClO3. The van der Waals surface area contributed by atoms with Gasteiger partial charge in [0.2, 0.25) is 0 Å². The summed E-state index contributed by atoms with van der Waals surface area (Å²) in [5.41, 5.74) is -0.152. The minimum Gasteiger partial charge on any atom is -0.486 e. The van der Waals surface area contributed by atoms with Crippen molar-refractivity contribution in [1.82, 2.24) is 0 Å². The maximum Gasteiger partial charge on any atom is 0.335 e. The smallest absolute Gasteiger partial charge is 0.335 e. The summed E-state index contributed by atoms with van der Waals surface area (Å²) < 4.78 is 5.69. The van der Waals surface area contributed by atoms with Crippen molar-refractivity contribution < 1.29 is 14.6 Å². The normalized spacial score (nSPS) is 11.2. The Kier molecular flexibility index (Phi) is 3.81. The van der Waals surface area contributed by atoms with E-state index in [1.54, 1.807) is 6.07 Å². The second-order valence-corrected chi connectivity index (χ2v) is 4.57. The van der Waals surface area contributed by atoms with Crippen LogP contribution in [0.3, 0.4) is 0 Å². The molecule has 0 fully saturated rings. The fourth-order valence-electron chi connectivity index (χ4n) is 1.09. The number of hydrogen-bond acceptors (Lipinski definition) is 2. The zero-order valence-corrected chi connectivity index (χ0v) is 10.3. The SMILES string of the molecule is CCC(C)(C)Oc1ccc(C(=O)O)cc1Cl. The predicted molar refractivity (Wildman–Crippen MR) is 63.4 cm³/mol. The first kappa shape index (κ1) is 12.8. The third kappa shape index (κ3) is 3.14. The molecule has 0 bridgehead atoms. The number of aromatic carboxylic acids is 1. The largest absolute Gasteiger partial charge is 0.486 e. The highest BCUT2D eigenvalue weighted by molar-refractivity contribution is 6.32. The zero-order chi connectivity index (χ0) is 12.3. The van der Waals surface area contributed by atoms with Gasteiger partial charge in [0.05, 0.1) is 10.6 Å². The van der Waals surface area contributed by atoms with E-state index in [1.165, 1.54) is 12.1 Å². The van der Waals surface area contributed by atoms with E-state index in [2.05, 4.69) is 0 Å². The maximum absolute atomic E-state index is 10.7. The van der Waals surface area contributed by atoms with E-state index in [0.29, 0.717) is 10.8 Å². The van der Waals surface area contributed by atoms with Crippen LogP contribution in [0, 0.1) is 0 Å². The first-order chi connectivity index (χ1) is 7.35. The second kappa shape index (κ2) is 4.74. The van der Waals surface area contributed by atoms with E-state index in [9.17, 15) is 4.79 Å². The molecule has 88 valence electrons. The molecule has 0 radical (unpaired) electrons. The summed E-state index contributed by atoms with van der Waals surface area (Å²) in [4.78, 5) is 10.7. The van der Waals surface area contributed by atoms with Crippen LogP contribution < -0.4 is 4.74 Å². The molecule has 0 amide bonds. The standard InChI is InChI=1S/C12H15ClO3/c1-4-12(2,3)16-10-6-5-8(11(14)15)7-9(10)13/h5-7H,4H2,1-3H3,(H,14,15). The Morgan fingerprint density at radius 2 is 2.12 bits per heavy atom. The molecule has 0 aliphatic rings. The second-order valence-electron chi connectivity index (χ2n) is 4.17. The number of carbonyl (C=O) groups is 1. The molecule has 0 aliphatic carbocycles. The first-order valence-corrected chi connectivity index (χ1v) is 5.45. The molecule has 1 N–H and O–H groups in total. The number of halogens is 1. The van der Waals surface area contributed by atoms with Crippen LogP contribution in [0.25, 0.3) is 0 Å². The number of hydrogen-bond donors (Lipinski definition) is 1. The molecule has 1 aromatic carbocycles. The van der Waals surface area contributed by atoms with Gasteiger partial charge in [0.1, 0.15) is 11.4 Å². The lowest BCUT2D eigenvalue weighted by molar-refractivity contribution is 0.0696. The molecule has 1 aromatic rings. The van der Waals surface area contributed by atoms with Crippen LogP contribution in [0.5, 0.6) is 5.75 Å². The van der Waals surface area contributed by atoms with Crippen LogP contribution in [-0.2, 0) is 0 Å². The van der Waals surface area contributed by atoms with Gasteiger partial charge in [-0.05, 0) is 38.5 Å². The van der Waals surface area contributed by atoms with Crippen molar-refractivity contribution in [3.05, 3.63) is 28.8 Å². The van der Waals surface area contributed by atoms with Gasteiger partial charge in [0.15, 0.2) is 0 Å². The fraction of sp³-hybridized carbons (Fsp3) is 0.417. The van der Waals surface area contributed by atoms with Crippen LogP contribution in [0.1, 0.15) is 37.6 Å². The van der Waals surface area contributed by atoms with Crippen LogP contribution in [-0.4, -0.2) is 16.7 Å². The Morgan fingerprint density at radius 1 is 1.50 bits per heavy atom. The average molecular weight is 243 g/mol. The Labute approximate surface area is 100.0 Å². The lowest BCUT2D eigenvalue weighted by atomic mass is 10.1. The van der Waals surface area contributed by atoms with Crippen molar-refractivity contribution in [3.8, 4) is 5.75 Å². The summed E-state index contributed by atoms with van der Waals surface area (Å²) in [6.07, 6.45) is 0.837. The number of carboxylic acids is 1. The monoisotopic (exact) mass is 242 g/mol. The molecule has 4 heteroatoms. The minimum absolute atomic E-state index is 0.159. The topological polar surface area (TPSA) is 46.5 Å². The summed E-state index contributed by atoms with van der Waals surface area (Å²) in [5.74, 6) is -0.485. The zero-order valence-electron chi connectivity index (χ0n) is 9.58. The molecule has 3 nitrogen and oxygen atoms in total. The third-order valence-electron chi connectivity index (χ3n) is 2.42. The van der Waals surface area contributed by atoms with Gasteiger partial charge in [0, 0.05) is 0 Å². The van der Waals surface area contributed by atoms with Crippen molar-refractivity contribution in [2.24, 2.45) is 0 Å². The number of carboxylic acid groups (broad SMARTS) is 1. The average Bonchev–Trinajstić information content (AvgIpc) is 2.20. The minimum atomic E-state index is -0.997. The first-order valence-electron chi connectivity index (χ1n) is 5.07. The lowest BCUT2D eigenvalue weighted by Crippen LogP contribution is -2.26. The van der Waals surface area contributed by atoms with Crippen LogP contribution in [0.4, 0.5) is 0 Å². The Hall–Kier alpha value is -1.22. The van der Waals surface area contributed by atoms with Crippen molar-refractivity contribution >= 4 is 17.6 Å². The summed E-state index contributed by atoms with van der Waals surface area (Å²) >= 11 is 5.95. The predicted octanol–water partition coefficient (Wildman–Crippen LogP) is 3.61. The number of rotatable bonds is 4. The van der Waals surface area contributed by atoms with E-state index < -0.39 is 5.97 Å². The summed E-state index contributed by atoms with van der Waals surface area (Å²) in [6.45, 7) is 5.92. The van der Waals surface area contributed by atoms with Crippen LogP contribution >= 0.6 is 11.6 Å². The Morgan fingerprint density at radius 3 is 2.56 bits per heavy atom. The fourth-order valence-corrected chi connectivity index (χ4v) is 1.31. The molecule has 0 spiro atoms. The molecule has 0 heterocycles. The van der Waals surface area contributed by atoms with E-state index in [1.807, 2.05) is 20.8 Å². The summed E-state index contributed by atoms with van der Waals surface area (Å²) in [5, 5.41) is 9.10. The Bertz CT molecular complexity index is 399. The van der Waals surface area contributed by atoms with Gasteiger partial charge >= 0.3 is 5.97 Å².